The molecule has 1 aliphatic heterocycles. The molecule has 0 spiro atoms. The SMILES string of the molecule is Cc1c(C)n(Cc2ccc3ccccc3c2)c2c(N3CCC(c4ccccc4)CC3)nccc12.Cl. The summed E-state index contributed by atoms with van der Waals surface area (Å²) < 4.78 is 2.49. The van der Waals surface area contributed by atoms with E-state index in [1.807, 2.05) is 6.20 Å². The van der Waals surface area contributed by atoms with Crippen molar-refractivity contribution in [3.05, 3.63) is 107 Å². The zero-order chi connectivity index (χ0) is 23.1. The third-order valence-corrected chi connectivity index (χ3v) is 7.75. The van der Waals surface area contributed by atoms with E-state index >= 15 is 0 Å². The molecule has 0 aliphatic carbocycles. The Kier molecular flexibility index (Phi) is 6.53. The van der Waals surface area contributed by atoms with Crippen LogP contribution in [0.15, 0.2) is 85.1 Å². The van der Waals surface area contributed by atoms with Gasteiger partial charge in [0.15, 0.2) is 5.82 Å². The van der Waals surface area contributed by atoms with Gasteiger partial charge in [0.25, 0.3) is 0 Å². The highest BCUT2D eigenvalue weighted by molar-refractivity contribution is 5.93. The fourth-order valence-corrected chi connectivity index (χ4v) is 5.68. The fourth-order valence-electron chi connectivity index (χ4n) is 5.68. The van der Waals surface area contributed by atoms with Crippen LogP contribution < -0.4 is 4.90 Å². The lowest BCUT2D eigenvalue weighted by molar-refractivity contribution is 0.503. The molecule has 35 heavy (non-hydrogen) atoms. The number of benzene rings is 3. The van der Waals surface area contributed by atoms with Crippen LogP contribution in [0.1, 0.15) is 41.1 Å². The molecule has 0 N–H and O–H groups in total. The maximum Gasteiger partial charge on any atom is 0.153 e. The summed E-state index contributed by atoms with van der Waals surface area (Å²) in [5.41, 5.74) is 6.77. The Hall–Kier alpha value is -3.30. The molecule has 3 heterocycles. The Morgan fingerprint density at radius 2 is 1.54 bits per heavy atom. The maximum atomic E-state index is 4.94. The van der Waals surface area contributed by atoms with Crippen LogP contribution in [0.5, 0.6) is 0 Å². The first-order valence-electron chi connectivity index (χ1n) is 12.4. The van der Waals surface area contributed by atoms with Crippen LogP contribution in [0.2, 0.25) is 0 Å². The van der Waals surface area contributed by atoms with Gasteiger partial charge in [0, 0.05) is 36.9 Å². The summed E-state index contributed by atoms with van der Waals surface area (Å²) in [5.74, 6) is 1.78. The first-order valence-corrected chi connectivity index (χ1v) is 12.4. The number of piperidine rings is 1. The number of hydrogen-bond acceptors (Lipinski definition) is 2. The second kappa shape index (κ2) is 9.75. The lowest BCUT2D eigenvalue weighted by Gasteiger charge is -2.33. The van der Waals surface area contributed by atoms with E-state index in [0.29, 0.717) is 5.92 Å². The van der Waals surface area contributed by atoms with Crippen molar-refractivity contribution >= 4 is 39.9 Å². The maximum absolute atomic E-state index is 4.94. The quantitative estimate of drug-likeness (QED) is 0.262. The standard InChI is InChI=1S/C31H31N3.ClH/c1-22-23(2)34(21-24-12-13-26-10-6-7-11-28(26)20-24)30-29(22)14-17-32-31(30)33-18-15-27(16-19-33)25-8-4-3-5-9-25;/h3-14,17,20,27H,15-16,18-19,21H2,1-2H3;1H. The smallest absolute Gasteiger partial charge is 0.153 e. The zero-order valence-electron chi connectivity index (χ0n) is 20.4. The van der Waals surface area contributed by atoms with Crippen LogP contribution in [-0.2, 0) is 6.54 Å². The summed E-state index contributed by atoms with van der Waals surface area (Å²) in [6.07, 6.45) is 4.34. The van der Waals surface area contributed by atoms with E-state index in [2.05, 4.69) is 102 Å². The first-order chi connectivity index (χ1) is 16.7. The van der Waals surface area contributed by atoms with Crippen molar-refractivity contribution in [1.82, 2.24) is 9.55 Å². The Bertz CT molecular complexity index is 1460. The molecule has 1 saturated heterocycles. The van der Waals surface area contributed by atoms with Gasteiger partial charge < -0.3 is 9.47 Å². The third-order valence-electron chi connectivity index (χ3n) is 7.75. The van der Waals surface area contributed by atoms with Gasteiger partial charge in [-0.1, -0.05) is 66.7 Å². The van der Waals surface area contributed by atoms with E-state index in [1.165, 1.54) is 56.9 Å². The number of halogens is 1. The third kappa shape index (κ3) is 4.30. The van der Waals surface area contributed by atoms with E-state index in [-0.39, 0.29) is 12.4 Å². The van der Waals surface area contributed by atoms with Crippen molar-refractivity contribution in [1.29, 1.82) is 0 Å². The number of fused-ring (bicyclic) bond motifs is 2. The van der Waals surface area contributed by atoms with Gasteiger partial charge in [-0.3, -0.25) is 0 Å². The van der Waals surface area contributed by atoms with Gasteiger partial charge in [0.1, 0.15) is 0 Å². The summed E-state index contributed by atoms with van der Waals surface area (Å²) in [5, 5.41) is 3.92. The van der Waals surface area contributed by atoms with Gasteiger partial charge in [-0.15, -0.1) is 12.4 Å². The molecule has 6 rings (SSSR count). The predicted molar refractivity (Wildman–Crippen MR) is 150 cm³/mol. The van der Waals surface area contributed by atoms with Gasteiger partial charge >= 0.3 is 0 Å². The van der Waals surface area contributed by atoms with E-state index in [1.54, 1.807) is 0 Å². The molecule has 5 aromatic rings. The minimum Gasteiger partial charge on any atom is -0.355 e. The Morgan fingerprint density at radius 1 is 0.829 bits per heavy atom. The van der Waals surface area contributed by atoms with Crippen LogP contribution in [0.4, 0.5) is 5.82 Å². The Labute approximate surface area is 213 Å². The predicted octanol–water partition coefficient (Wildman–Crippen LogP) is 7.66. The Balaban J connectivity index is 0.00000253. The number of nitrogens with zero attached hydrogens (tertiary/aromatic N) is 3. The van der Waals surface area contributed by atoms with E-state index in [4.69, 9.17) is 4.98 Å². The molecule has 178 valence electrons. The molecule has 0 amide bonds. The molecule has 1 aliphatic rings. The number of aryl methyl sites for hydroxylation is 1. The van der Waals surface area contributed by atoms with Crippen molar-refractivity contribution in [3.8, 4) is 0 Å². The van der Waals surface area contributed by atoms with Crippen molar-refractivity contribution < 1.29 is 0 Å². The monoisotopic (exact) mass is 481 g/mol. The second-order valence-electron chi connectivity index (χ2n) is 9.68. The van der Waals surface area contributed by atoms with Crippen LogP contribution in [-0.4, -0.2) is 22.6 Å². The van der Waals surface area contributed by atoms with Crippen molar-refractivity contribution in [2.75, 3.05) is 18.0 Å². The lowest BCUT2D eigenvalue weighted by Crippen LogP contribution is -2.33. The zero-order valence-corrected chi connectivity index (χ0v) is 21.3. The average Bonchev–Trinajstić information content (AvgIpc) is 3.14. The largest absolute Gasteiger partial charge is 0.355 e. The highest BCUT2D eigenvalue weighted by Gasteiger charge is 2.25. The van der Waals surface area contributed by atoms with Crippen molar-refractivity contribution in [2.45, 2.75) is 39.2 Å². The first kappa shape index (κ1) is 23.4. The fraction of sp³-hybridized carbons (Fsp3) is 0.258. The normalized spacial score (nSPS) is 14.4. The molecule has 1 fully saturated rings. The minimum absolute atomic E-state index is 0. The van der Waals surface area contributed by atoms with Gasteiger partial charge in [0.05, 0.1) is 5.52 Å². The van der Waals surface area contributed by atoms with E-state index < -0.39 is 0 Å². The molecule has 3 aromatic carbocycles. The van der Waals surface area contributed by atoms with E-state index in [9.17, 15) is 0 Å². The van der Waals surface area contributed by atoms with Crippen molar-refractivity contribution in [2.24, 2.45) is 0 Å². The second-order valence-corrected chi connectivity index (χ2v) is 9.68. The molecule has 0 bridgehead atoms. The van der Waals surface area contributed by atoms with Crippen LogP contribution in [0, 0.1) is 13.8 Å². The Morgan fingerprint density at radius 3 is 2.31 bits per heavy atom. The summed E-state index contributed by atoms with van der Waals surface area (Å²) >= 11 is 0. The van der Waals surface area contributed by atoms with E-state index in [0.717, 1.165) is 25.5 Å². The number of aromatic nitrogens is 2. The molecule has 3 nitrogen and oxygen atoms in total. The number of anilines is 1. The van der Waals surface area contributed by atoms with Crippen molar-refractivity contribution in [3.63, 3.8) is 0 Å². The molecule has 4 heteroatoms. The molecule has 0 saturated carbocycles. The lowest BCUT2D eigenvalue weighted by atomic mass is 9.89. The molecular formula is C31H32ClN3. The number of rotatable bonds is 4. The highest BCUT2D eigenvalue weighted by atomic mass is 35.5. The summed E-state index contributed by atoms with van der Waals surface area (Å²) in [6.45, 7) is 7.46. The summed E-state index contributed by atoms with van der Waals surface area (Å²) in [4.78, 5) is 7.45. The van der Waals surface area contributed by atoms with Crippen LogP contribution in [0.25, 0.3) is 21.7 Å². The van der Waals surface area contributed by atoms with Gasteiger partial charge in [0.2, 0.25) is 0 Å². The number of hydrogen-bond donors (Lipinski definition) is 0. The average molecular weight is 482 g/mol. The molecule has 0 unspecified atom stereocenters. The minimum atomic E-state index is 0. The summed E-state index contributed by atoms with van der Waals surface area (Å²) in [7, 11) is 0. The molecular weight excluding hydrogens is 450 g/mol. The van der Waals surface area contributed by atoms with Gasteiger partial charge in [-0.2, -0.15) is 0 Å². The number of pyridine rings is 1. The molecule has 2 aromatic heterocycles. The van der Waals surface area contributed by atoms with Gasteiger partial charge in [-0.05, 0) is 72.2 Å². The topological polar surface area (TPSA) is 21.1 Å². The van der Waals surface area contributed by atoms with Gasteiger partial charge in [-0.25, -0.2) is 4.98 Å². The summed E-state index contributed by atoms with van der Waals surface area (Å²) in [6, 6.07) is 28.6. The molecule has 0 atom stereocenters. The van der Waals surface area contributed by atoms with Crippen LogP contribution >= 0.6 is 12.4 Å². The highest BCUT2D eigenvalue weighted by Crippen LogP contribution is 2.36. The van der Waals surface area contributed by atoms with Crippen LogP contribution in [0.3, 0.4) is 0 Å². The molecule has 0 radical (unpaired) electrons.